The second kappa shape index (κ2) is 3.91. The second-order valence-corrected chi connectivity index (χ2v) is 5.00. The van der Waals surface area contributed by atoms with Gasteiger partial charge in [0.15, 0.2) is 11.2 Å². The van der Waals surface area contributed by atoms with Crippen LogP contribution >= 0.6 is 0 Å². The standard InChI is InChI=1S/C12H14N4O3/c1-7(17)5-15-11(18)9-10(13-6-14(9)2)16(12(15)19)8-3-4-8/h6,8H,3-5H2,1-2H3. The Hall–Kier alpha value is -2.18. The summed E-state index contributed by atoms with van der Waals surface area (Å²) in [5.74, 6) is -0.219. The summed E-state index contributed by atoms with van der Waals surface area (Å²) < 4.78 is 4.14. The lowest BCUT2D eigenvalue weighted by Gasteiger charge is -2.09. The molecule has 3 rings (SSSR count). The van der Waals surface area contributed by atoms with Crippen molar-refractivity contribution in [2.75, 3.05) is 0 Å². The Balaban J connectivity index is 2.42. The lowest BCUT2D eigenvalue weighted by atomic mass is 10.4. The van der Waals surface area contributed by atoms with Crippen LogP contribution in [-0.4, -0.2) is 24.5 Å². The van der Waals surface area contributed by atoms with Gasteiger partial charge in [0.1, 0.15) is 5.78 Å². The van der Waals surface area contributed by atoms with Crippen LogP contribution in [0.5, 0.6) is 0 Å². The molecule has 2 heterocycles. The summed E-state index contributed by atoms with van der Waals surface area (Å²) >= 11 is 0. The number of hydrogen-bond acceptors (Lipinski definition) is 4. The molecule has 0 aliphatic heterocycles. The molecular formula is C12H14N4O3. The lowest BCUT2D eigenvalue weighted by molar-refractivity contribution is -0.117. The van der Waals surface area contributed by atoms with Gasteiger partial charge >= 0.3 is 5.69 Å². The Bertz CT molecular complexity index is 792. The number of carbonyl (C=O) groups is 1. The molecule has 0 radical (unpaired) electrons. The average Bonchev–Trinajstić information content (AvgIpc) is 3.09. The molecule has 1 aliphatic rings. The zero-order valence-electron chi connectivity index (χ0n) is 10.8. The molecule has 0 aromatic carbocycles. The van der Waals surface area contributed by atoms with E-state index in [1.165, 1.54) is 13.3 Å². The summed E-state index contributed by atoms with van der Waals surface area (Å²) in [4.78, 5) is 40.0. The monoisotopic (exact) mass is 262 g/mol. The fourth-order valence-corrected chi connectivity index (χ4v) is 2.30. The van der Waals surface area contributed by atoms with E-state index in [1.54, 1.807) is 16.2 Å². The van der Waals surface area contributed by atoms with Gasteiger partial charge in [0.25, 0.3) is 5.56 Å². The lowest BCUT2D eigenvalue weighted by Crippen LogP contribution is -2.41. The summed E-state index contributed by atoms with van der Waals surface area (Å²) in [5, 5.41) is 0. The molecule has 19 heavy (non-hydrogen) atoms. The predicted octanol–water partition coefficient (Wildman–Crippen LogP) is -0.179. The number of imidazole rings is 1. The van der Waals surface area contributed by atoms with Crippen molar-refractivity contribution in [3.63, 3.8) is 0 Å². The summed E-state index contributed by atoms with van der Waals surface area (Å²) in [6, 6.07) is 0.101. The quantitative estimate of drug-likeness (QED) is 0.768. The molecule has 1 fully saturated rings. The minimum absolute atomic E-state index is 0.101. The summed E-state index contributed by atoms with van der Waals surface area (Å²) in [6.07, 6.45) is 3.33. The van der Waals surface area contributed by atoms with E-state index in [-0.39, 0.29) is 18.4 Å². The van der Waals surface area contributed by atoms with Crippen LogP contribution in [0.15, 0.2) is 15.9 Å². The van der Waals surface area contributed by atoms with Gasteiger partial charge in [0.05, 0.1) is 12.9 Å². The first-order chi connectivity index (χ1) is 9.00. The Kier molecular flexibility index (Phi) is 2.44. The highest BCUT2D eigenvalue weighted by atomic mass is 16.2. The maximum atomic E-state index is 12.4. The zero-order chi connectivity index (χ0) is 13.7. The molecule has 2 aromatic heterocycles. The summed E-state index contributed by atoms with van der Waals surface area (Å²) in [5.41, 5.74) is -0.103. The molecule has 0 atom stereocenters. The van der Waals surface area contributed by atoms with Crippen LogP contribution in [0.25, 0.3) is 11.2 Å². The van der Waals surface area contributed by atoms with Gasteiger partial charge in [-0.3, -0.25) is 18.7 Å². The van der Waals surface area contributed by atoms with Gasteiger partial charge in [-0.1, -0.05) is 0 Å². The van der Waals surface area contributed by atoms with Crippen molar-refractivity contribution in [1.29, 1.82) is 0 Å². The summed E-state index contributed by atoms with van der Waals surface area (Å²) in [7, 11) is 1.70. The molecule has 0 N–H and O–H groups in total. The molecule has 0 unspecified atom stereocenters. The van der Waals surface area contributed by atoms with Crippen molar-refractivity contribution in [2.24, 2.45) is 7.05 Å². The van der Waals surface area contributed by atoms with Gasteiger partial charge in [0, 0.05) is 13.1 Å². The van der Waals surface area contributed by atoms with Crippen LogP contribution in [0.1, 0.15) is 25.8 Å². The minimum Gasteiger partial charge on any atom is -0.328 e. The van der Waals surface area contributed by atoms with E-state index in [0.717, 1.165) is 17.4 Å². The molecule has 1 saturated carbocycles. The van der Waals surface area contributed by atoms with Gasteiger partial charge in [-0.25, -0.2) is 9.78 Å². The van der Waals surface area contributed by atoms with E-state index in [0.29, 0.717) is 11.2 Å². The number of aromatic nitrogens is 4. The molecule has 1 aliphatic carbocycles. The highest BCUT2D eigenvalue weighted by Crippen LogP contribution is 2.34. The van der Waals surface area contributed by atoms with Crippen LogP contribution in [-0.2, 0) is 18.4 Å². The van der Waals surface area contributed by atoms with Crippen molar-refractivity contribution in [2.45, 2.75) is 32.4 Å². The number of Topliss-reactive ketones (excluding diaryl/α,β-unsaturated/α-hetero) is 1. The predicted molar refractivity (Wildman–Crippen MR) is 68.2 cm³/mol. The second-order valence-electron chi connectivity index (χ2n) is 5.00. The highest BCUT2D eigenvalue weighted by Gasteiger charge is 2.30. The number of rotatable bonds is 3. The maximum absolute atomic E-state index is 12.4. The molecule has 100 valence electrons. The first-order valence-corrected chi connectivity index (χ1v) is 6.16. The summed E-state index contributed by atoms with van der Waals surface area (Å²) in [6.45, 7) is 1.17. The van der Waals surface area contributed by atoms with Crippen molar-refractivity contribution in [3.8, 4) is 0 Å². The normalized spacial score (nSPS) is 15.1. The zero-order valence-corrected chi connectivity index (χ0v) is 10.8. The van der Waals surface area contributed by atoms with Crippen LogP contribution in [0.4, 0.5) is 0 Å². The van der Waals surface area contributed by atoms with E-state index in [1.807, 2.05) is 0 Å². The van der Waals surface area contributed by atoms with Gasteiger partial charge in [-0.05, 0) is 19.8 Å². The van der Waals surface area contributed by atoms with Gasteiger partial charge in [0.2, 0.25) is 0 Å². The van der Waals surface area contributed by atoms with Crippen molar-refractivity contribution in [1.82, 2.24) is 18.7 Å². The molecule has 0 bridgehead atoms. The number of hydrogen-bond donors (Lipinski definition) is 0. The number of carbonyl (C=O) groups excluding carboxylic acids is 1. The molecule has 7 heteroatoms. The third kappa shape index (κ3) is 1.73. The van der Waals surface area contributed by atoms with Gasteiger partial charge < -0.3 is 4.57 Å². The largest absolute Gasteiger partial charge is 0.333 e. The Morgan fingerprint density at radius 1 is 1.42 bits per heavy atom. The molecule has 7 nitrogen and oxygen atoms in total. The van der Waals surface area contributed by atoms with E-state index in [2.05, 4.69) is 4.98 Å². The molecular weight excluding hydrogens is 248 g/mol. The topological polar surface area (TPSA) is 78.9 Å². The van der Waals surface area contributed by atoms with Crippen molar-refractivity contribution >= 4 is 16.9 Å². The average molecular weight is 262 g/mol. The van der Waals surface area contributed by atoms with E-state index in [4.69, 9.17) is 0 Å². The number of nitrogens with zero attached hydrogens (tertiary/aromatic N) is 4. The van der Waals surface area contributed by atoms with Gasteiger partial charge in [-0.15, -0.1) is 0 Å². The van der Waals surface area contributed by atoms with Crippen LogP contribution in [0.3, 0.4) is 0 Å². The third-order valence-corrected chi connectivity index (χ3v) is 3.32. The van der Waals surface area contributed by atoms with Crippen LogP contribution in [0, 0.1) is 0 Å². The van der Waals surface area contributed by atoms with E-state index < -0.39 is 11.2 Å². The van der Waals surface area contributed by atoms with Crippen molar-refractivity contribution < 1.29 is 4.79 Å². The Morgan fingerprint density at radius 3 is 2.68 bits per heavy atom. The SMILES string of the molecule is CC(=O)Cn1c(=O)c2c(ncn2C)n(C2CC2)c1=O. The molecule has 0 amide bonds. The first kappa shape index (κ1) is 11.9. The minimum atomic E-state index is -0.452. The van der Waals surface area contributed by atoms with Crippen molar-refractivity contribution in [3.05, 3.63) is 27.2 Å². The van der Waals surface area contributed by atoms with E-state index >= 15 is 0 Å². The maximum Gasteiger partial charge on any atom is 0.333 e. The van der Waals surface area contributed by atoms with E-state index in [9.17, 15) is 14.4 Å². The molecule has 0 saturated heterocycles. The fraction of sp³-hybridized carbons (Fsp3) is 0.500. The van der Waals surface area contributed by atoms with Crippen LogP contribution in [0.2, 0.25) is 0 Å². The third-order valence-electron chi connectivity index (χ3n) is 3.32. The number of ketones is 1. The van der Waals surface area contributed by atoms with Gasteiger partial charge in [-0.2, -0.15) is 0 Å². The molecule has 0 spiro atoms. The highest BCUT2D eigenvalue weighted by molar-refractivity contribution is 5.76. The Morgan fingerprint density at radius 2 is 2.11 bits per heavy atom. The fourth-order valence-electron chi connectivity index (χ4n) is 2.30. The smallest absolute Gasteiger partial charge is 0.328 e. The number of aryl methyl sites for hydroxylation is 1. The first-order valence-electron chi connectivity index (χ1n) is 6.16. The van der Waals surface area contributed by atoms with Crippen LogP contribution < -0.4 is 11.2 Å². The molecule has 2 aromatic rings. The Labute approximate surface area is 108 Å². The number of fused-ring (bicyclic) bond motifs is 1.